The van der Waals surface area contributed by atoms with Crippen LogP contribution in [0.5, 0.6) is 0 Å². The Morgan fingerprint density at radius 3 is 2.57 bits per heavy atom. The van der Waals surface area contributed by atoms with Gasteiger partial charge in [0.05, 0.1) is 6.10 Å². The van der Waals surface area contributed by atoms with Crippen molar-refractivity contribution in [3.63, 3.8) is 0 Å². The van der Waals surface area contributed by atoms with Crippen molar-refractivity contribution in [2.45, 2.75) is 25.0 Å². The quantitative estimate of drug-likeness (QED) is 0.731. The Hall–Kier alpha value is -2.32. The van der Waals surface area contributed by atoms with Crippen LogP contribution < -0.4 is 5.32 Å². The highest BCUT2D eigenvalue weighted by Gasteiger charge is 2.34. The minimum atomic E-state index is -1.18. The summed E-state index contributed by atoms with van der Waals surface area (Å²) in [4.78, 5) is 26.8. The van der Waals surface area contributed by atoms with E-state index in [0.29, 0.717) is 24.9 Å². The summed E-state index contributed by atoms with van der Waals surface area (Å²) >= 11 is 3.32. The van der Waals surface area contributed by atoms with E-state index in [9.17, 15) is 23.5 Å². The van der Waals surface area contributed by atoms with Crippen LogP contribution in [-0.2, 0) is 4.79 Å². The summed E-state index contributed by atoms with van der Waals surface area (Å²) in [6, 6.07) is 9.34. The first-order valence-electron chi connectivity index (χ1n) is 8.84. The van der Waals surface area contributed by atoms with E-state index in [0.717, 1.165) is 16.6 Å². The molecule has 2 amide bonds. The van der Waals surface area contributed by atoms with Crippen LogP contribution in [-0.4, -0.2) is 41.0 Å². The number of carbonyl (C=O) groups is 2. The number of hydrogen-bond donors (Lipinski definition) is 2. The van der Waals surface area contributed by atoms with E-state index in [4.69, 9.17) is 0 Å². The van der Waals surface area contributed by atoms with E-state index in [-0.39, 0.29) is 23.9 Å². The number of likely N-dealkylation sites (tertiary alicyclic amines) is 1. The molecule has 1 heterocycles. The first kappa shape index (κ1) is 20.4. The largest absolute Gasteiger partial charge is 0.387 e. The van der Waals surface area contributed by atoms with Crippen LogP contribution in [0.3, 0.4) is 0 Å². The van der Waals surface area contributed by atoms with Crippen LogP contribution in [0, 0.1) is 11.6 Å². The SMILES string of the molecule is O=C(NCC(O)c1ccc(F)c(F)c1)C1CCCN1C(=O)c1ccc(Br)cc1. The van der Waals surface area contributed by atoms with E-state index in [1.54, 1.807) is 24.3 Å². The third-order valence-electron chi connectivity index (χ3n) is 4.71. The number of nitrogens with zero attached hydrogens (tertiary/aromatic N) is 1. The summed E-state index contributed by atoms with van der Waals surface area (Å²) in [7, 11) is 0. The molecule has 5 nitrogen and oxygen atoms in total. The first-order chi connectivity index (χ1) is 13.4. The molecule has 0 aliphatic carbocycles. The van der Waals surface area contributed by atoms with Gasteiger partial charge < -0.3 is 15.3 Å². The van der Waals surface area contributed by atoms with Gasteiger partial charge in [0.1, 0.15) is 6.04 Å². The maximum atomic E-state index is 13.3. The molecule has 0 bridgehead atoms. The second-order valence-electron chi connectivity index (χ2n) is 6.60. The van der Waals surface area contributed by atoms with Gasteiger partial charge in [-0.05, 0) is 54.8 Å². The highest BCUT2D eigenvalue weighted by molar-refractivity contribution is 9.10. The predicted molar refractivity (Wildman–Crippen MR) is 103 cm³/mol. The van der Waals surface area contributed by atoms with Crippen LogP contribution in [0.4, 0.5) is 8.78 Å². The van der Waals surface area contributed by atoms with Crippen LogP contribution >= 0.6 is 15.9 Å². The molecule has 3 rings (SSSR count). The van der Waals surface area contributed by atoms with Crippen molar-refractivity contribution in [2.24, 2.45) is 0 Å². The summed E-state index contributed by atoms with van der Waals surface area (Å²) in [5.41, 5.74) is 0.651. The van der Waals surface area contributed by atoms with Crippen LogP contribution in [0.2, 0.25) is 0 Å². The summed E-state index contributed by atoms with van der Waals surface area (Å²) in [5, 5.41) is 12.7. The molecule has 28 heavy (non-hydrogen) atoms. The van der Waals surface area contributed by atoms with E-state index in [1.165, 1.54) is 11.0 Å². The number of rotatable bonds is 5. The predicted octanol–water partition coefficient (Wildman–Crippen LogP) is 3.18. The number of hydrogen-bond acceptors (Lipinski definition) is 3. The normalized spacial score (nSPS) is 17.4. The van der Waals surface area contributed by atoms with Crippen molar-refractivity contribution in [1.82, 2.24) is 10.2 Å². The zero-order valence-electron chi connectivity index (χ0n) is 14.9. The number of halogens is 3. The number of carbonyl (C=O) groups excluding carboxylic acids is 2. The topological polar surface area (TPSA) is 69.6 Å². The Morgan fingerprint density at radius 1 is 1.18 bits per heavy atom. The highest BCUT2D eigenvalue weighted by Crippen LogP contribution is 2.22. The summed E-state index contributed by atoms with van der Waals surface area (Å²) in [6.45, 7) is 0.305. The number of aliphatic hydroxyl groups is 1. The van der Waals surface area contributed by atoms with Gasteiger partial charge in [0.15, 0.2) is 11.6 Å². The van der Waals surface area contributed by atoms with Gasteiger partial charge in [-0.1, -0.05) is 22.0 Å². The van der Waals surface area contributed by atoms with E-state index in [2.05, 4.69) is 21.2 Å². The third kappa shape index (κ3) is 4.56. The highest BCUT2D eigenvalue weighted by atomic mass is 79.9. The van der Waals surface area contributed by atoms with Gasteiger partial charge in [-0.2, -0.15) is 0 Å². The maximum absolute atomic E-state index is 13.3. The summed E-state index contributed by atoms with van der Waals surface area (Å²) < 4.78 is 27.1. The van der Waals surface area contributed by atoms with Gasteiger partial charge in [-0.25, -0.2) is 8.78 Å². The van der Waals surface area contributed by atoms with Gasteiger partial charge in [0, 0.05) is 23.1 Å². The fourth-order valence-electron chi connectivity index (χ4n) is 3.19. The minimum absolute atomic E-state index is 0.161. The Bertz CT molecular complexity index is 876. The molecule has 0 saturated carbocycles. The minimum Gasteiger partial charge on any atom is -0.387 e. The molecule has 2 N–H and O–H groups in total. The Morgan fingerprint density at radius 2 is 1.89 bits per heavy atom. The molecule has 148 valence electrons. The van der Waals surface area contributed by atoms with Crippen molar-refractivity contribution in [3.8, 4) is 0 Å². The molecule has 0 radical (unpaired) electrons. The number of aliphatic hydroxyl groups excluding tert-OH is 1. The fraction of sp³-hybridized carbons (Fsp3) is 0.300. The van der Waals surface area contributed by atoms with E-state index >= 15 is 0 Å². The average molecular weight is 453 g/mol. The average Bonchev–Trinajstić information content (AvgIpc) is 3.18. The van der Waals surface area contributed by atoms with Crippen molar-refractivity contribution in [1.29, 1.82) is 0 Å². The second-order valence-corrected chi connectivity index (χ2v) is 7.51. The maximum Gasteiger partial charge on any atom is 0.254 e. The number of benzene rings is 2. The van der Waals surface area contributed by atoms with Crippen LogP contribution in [0.15, 0.2) is 46.9 Å². The Kier molecular flexibility index (Phi) is 6.41. The molecule has 2 atom stereocenters. The number of amides is 2. The second kappa shape index (κ2) is 8.79. The van der Waals surface area contributed by atoms with Gasteiger partial charge >= 0.3 is 0 Å². The smallest absolute Gasteiger partial charge is 0.254 e. The van der Waals surface area contributed by atoms with E-state index < -0.39 is 23.8 Å². The summed E-state index contributed by atoms with van der Waals surface area (Å²) in [6.07, 6.45) is 0.0395. The molecule has 2 aromatic carbocycles. The molecule has 1 saturated heterocycles. The van der Waals surface area contributed by atoms with Crippen LogP contribution in [0.25, 0.3) is 0 Å². The monoisotopic (exact) mass is 452 g/mol. The van der Waals surface area contributed by atoms with Gasteiger partial charge in [-0.3, -0.25) is 9.59 Å². The molecule has 1 aliphatic rings. The Labute approximate surface area is 169 Å². The van der Waals surface area contributed by atoms with Crippen molar-refractivity contribution in [2.75, 3.05) is 13.1 Å². The third-order valence-corrected chi connectivity index (χ3v) is 5.23. The number of nitrogens with one attached hydrogen (secondary N) is 1. The lowest BCUT2D eigenvalue weighted by atomic mass is 10.1. The van der Waals surface area contributed by atoms with Gasteiger partial charge in [-0.15, -0.1) is 0 Å². The van der Waals surface area contributed by atoms with Gasteiger partial charge in [0.25, 0.3) is 5.91 Å². The molecule has 8 heteroatoms. The molecule has 0 aromatic heterocycles. The molecule has 0 spiro atoms. The molecule has 2 unspecified atom stereocenters. The Balaban J connectivity index is 1.62. The van der Waals surface area contributed by atoms with Crippen LogP contribution in [0.1, 0.15) is 34.9 Å². The molecular formula is C20H19BrF2N2O3. The van der Waals surface area contributed by atoms with Crippen molar-refractivity contribution < 1.29 is 23.5 Å². The summed E-state index contributed by atoms with van der Waals surface area (Å²) in [5.74, 6) is -2.69. The lowest BCUT2D eigenvalue weighted by Crippen LogP contribution is -2.46. The lowest BCUT2D eigenvalue weighted by Gasteiger charge is -2.24. The zero-order chi connectivity index (χ0) is 20.3. The molecule has 1 aliphatic heterocycles. The fourth-order valence-corrected chi connectivity index (χ4v) is 3.46. The van der Waals surface area contributed by atoms with Crippen molar-refractivity contribution in [3.05, 3.63) is 69.7 Å². The molecular weight excluding hydrogens is 434 g/mol. The zero-order valence-corrected chi connectivity index (χ0v) is 16.5. The first-order valence-corrected chi connectivity index (χ1v) is 9.63. The standard InChI is InChI=1S/C20H19BrF2N2O3/c21-14-6-3-12(4-7-14)20(28)25-9-1-2-17(25)19(27)24-11-18(26)13-5-8-15(22)16(23)10-13/h3-8,10,17-18,26H,1-2,9,11H2,(H,24,27). The van der Waals surface area contributed by atoms with Gasteiger partial charge in [0.2, 0.25) is 5.91 Å². The molecule has 1 fully saturated rings. The van der Waals surface area contributed by atoms with E-state index in [1.807, 2.05) is 0 Å². The van der Waals surface area contributed by atoms with Crippen molar-refractivity contribution >= 4 is 27.7 Å². The lowest BCUT2D eigenvalue weighted by molar-refractivity contribution is -0.125. The molecule has 2 aromatic rings.